The van der Waals surface area contributed by atoms with Gasteiger partial charge in [-0.15, -0.1) is 11.8 Å². The second kappa shape index (κ2) is 5.18. The molecule has 0 atom stereocenters. The van der Waals surface area contributed by atoms with Crippen molar-refractivity contribution >= 4 is 23.4 Å². The second-order valence-corrected chi connectivity index (χ2v) is 4.42. The maximum atomic E-state index is 11.0. The molecule has 0 amide bonds. The van der Waals surface area contributed by atoms with Crippen LogP contribution in [0.15, 0.2) is 17.0 Å². The van der Waals surface area contributed by atoms with Gasteiger partial charge >= 0.3 is 5.97 Å². The molecule has 0 radical (unpaired) electrons. The highest BCUT2D eigenvalue weighted by atomic mass is 32.2. The van der Waals surface area contributed by atoms with Gasteiger partial charge in [-0.2, -0.15) is 0 Å². The van der Waals surface area contributed by atoms with Gasteiger partial charge in [0.25, 0.3) is 0 Å². The van der Waals surface area contributed by atoms with E-state index in [2.05, 4.69) is 4.74 Å². The van der Waals surface area contributed by atoms with E-state index in [-0.39, 0.29) is 11.7 Å². The molecule has 0 unspecified atom stereocenters. The van der Waals surface area contributed by atoms with E-state index < -0.39 is 0 Å². The Hall–Kier alpha value is -1.56. The Balaban J connectivity index is 2.14. The number of nitrogen functional groups attached to an aromatic ring is 1. The number of hydrogen-bond donors (Lipinski definition) is 1. The largest absolute Gasteiger partial charge is 0.486 e. The van der Waals surface area contributed by atoms with Crippen molar-refractivity contribution in [3.63, 3.8) is 0 Å². The van der Waals surface area contributed by atoms with Crippen LogP contribution < -0.4 is 15.2 Å². The van der Waals surface area contributed by atoms with Crippen LogP contribution in [-0.4, -0.2) is 32.0 Å². The summed E-state index contributed by atoms with van der Waals surface area (Å²) in [5, 5.41) is 0. The minimum absolute atomic E-state index is 0.223. The molecule has 1 aromatic carbocycles. The molecule has 0 fully saturated rings. The first-order valence-electron chi connectivity index (χ1n) is 5.09. The van der Waals surface area contributed by atoms with Gasteiger partial charge in [-0.1, -0.05) is 0 Å². The summed E-state index contributed by atoms with van der Waals surface area (Å²) in [7, 11) is 1.36. The van der Waals surface area contributed by atoms with E-state index in [1.54, 1.807) is 12.1 Å². The summed E-state index contributed by atoms with van der Waals surface area (Å²) in [5.74, 6) is 1.25. The molecule has 1 aliphatic heterocycles. The Morgan fingerprint density at radius 2 is 2.06 bits per heavy atom. The van der Waals surface area contributed by atoms with Crippen molar-refractivity contribution in [3.05, 3.63) is 12.1 Å². The lowest BCUT2D eigenvalue weighted by Gasteiger charge is -2.19. The normalized spacial score (nSPS) is 13.2. The molecular formula is C11H13NO4S. The molecule has 1 heterocycles. The zero-order valence-electron chi connectivity index (χ0n) is 9.39. The molecule has 0 saturated carbocycles. The Kier molecular flexibility index (Phi) is 3.63. The zero-order chi connectivity index (χ0) is 12.3. The van der Waals surface area contributed by atoms with Gasteiger partial charge in [0.1, 0.15) is 13.2 Å². The summed E-state index contributed by atoms with van der Waals surface area (Å²) in [5.41, 5.74) is 6.44. The first-order valence-corrected chi connectivity index (χ1v) is 6.08. The van der Waals surface area contributed by atoms with Crippen molar-refractivity contribution in [1.29, 1.82) is 0 Å². The number of rotatable bonds is 3. The van der Waals surface area contributed by atoms with Gasteiger partial charge in [0.2, 0.25) is 0 Å². The number of esters is 1. The topological polar surface area (TPSA) is 70.8 Å². The van der Waals surface area contributed by atoms with Crippen molar-refractivity contribution in [2.75, 3.05) is 31.8 Å². The molecule has 0 spiro atoms. The number of carbonyl (C=O) groups excluding carboxylic acids is 1. The maximum Gasteiger partial charge on any atom is 0.315 e. The number of thioether (sulfide) groups is 1. The molecule has 1 aromatic rings. The van der Waals surface area contributed by atoms with Gasteiger partial charge in [-0.05, 0) is 6.07 Å². The standard InChI is InChI=1S/C11H13NO4S/c1-14-11(13)6-17-10-5-9-8(4-7(10)12)15-2-3-16-9/h4-5H,2-3,6,12H2,1H3. The van der Waals surface area contributed by atoms with Gasteiger partial charge in [0.05, 0.1) is 12.9 Å². The monoisotopic (exact) mass is 255 g/mol. The summed E-state index contributed by atoms with van der Waals surface area (Å²) in [4.78, 5) is 11.8. The number of ether oxygens (including phenoxy) is 3. The van der Waals surface area contributed by atoms with E-state index in [9.17, 15) is 4.79 Å². The Labute approximate surface area is 103 Å². The molecule has 6 heteroatoms. The number of fused-ring (bicyclic) bond motifs is 1. The smallest absolute Gasteiger partial charge is 0.315 e. The van der Waals surface area contributed by atoms with Crippen LogP contribution in [0.25, 0.3) is 0 Å². The third-order valence-corrected chi connectivity index (χ3v) is 3.29. The van der Waals surface area contributed by atoms with Crippen LogP contribution >= 0.6 is 11.8 Å². The van der Waals surface area contributed by atoms with E-state index in [4.69, 9.17) is 15.2 Å². The number of methoxy groups -OCH3 is 1. The lowest BCUT2D eigenvalue weighted by Crippen LogP contribution is -2.15. The van der Waals surface area contributed by atoms with Crippen molar-refractivity contribution in [2.45, 2.75) is 4.90 Å². The van der Waals surface area contributed by atoms with Crippen molar-refractivity contribution in [2.24, 2.45) is 0 Å². The summed E-state index contributed by atoms with van der Waals surface area (Å²) in [6.07, 6.45) is 0. The molecule has 0 aliphatic carbocycles. The van der Waals surface area contributed by atoms with Crippen LogP contribution in [0.4, 0.5) is 5.69 Å². The molecule has 17 heavy (non-hydrogen) atoms. The van der Waals surface area contributed by atoms with Crippen molar-refractivity contribution in [1.82, 2.24) is 0 Å². The van der Waals surface area contributed by atoms with Gasteiger partial charge < -0.3 is 19.9 Å². The second-order valence-electron chi connectivity index (χ2n) is 3.40. The summed E-state index contributed by atoms with van der Waals surface area (Å²) in [6.45, 7) is 1.05. The predicted molar refractivity (Wildman–Crippen MR) is 64.6 cm³/mol. The fourth-order valence-electron chi connectivity index (χ4n) is 1.41. The number of hydrogen-bond acceptors (Lipinski definition) is 6. The van der Waals surface area contributed by atoms with Crippen LogP contribution in [-0.2, 0) is 9.53 Å². The molecule has 2 rings (SSSR count). The average molecular weight is 255 g/mol. The number of nitrogens with two attached hydrogens (primary N) is 1. The maximum absolute atomic E-state index is 11.0. The quantitative estimate of drug-likeness (QED) is 0.499. The molecule has 0 aromatic heterocycles. The molecule has 1 aliphatic rings. The lowest BCUT2D eigenvalue weighted by atomic mass is 10.2. The third kappa shape index (κ3) is 2.76. The van der Waals surface area contributed by atoms with Gasteiger partial charge in [0.15, 0.2) is 11.5 Å². The highest BCUT2D eigenvalue weighted by molar-refractivity contribution is 8.00. The van der Waals surface area contributed by atoms with E-state index in [1.165, 1.54) is 18.9 Å². The van der Waals surface area contributed by atoms with E-state index in [1.807, 2.05) is 0 Å². The van der Waals surface area contributed by atoms with Crippen molar-refractivity contribution in [3.8, 4) is 11.5 Å². The van der Waals surface area contributed by atoms with E-state index >= 15 is 0 Å². The third-order valence-electron chi connectivity index (χ3n) is 2.25. The van der Waals surface area contributed by atoms with Crippen molar-refractivity contribution < 1.29 is 19.0 Å². The van der Waals surface area contributed by atoms with Gasteiger partial charge in [-0.3, -0.25) is 4.79 Å². The number of carbonyl (C=O) groups is 1. The molecule has 2 N–H and O–H groups in total. The van der Waals surface area contributed by atoms with Gasteiger partial charge in [0, 0.05) is 16.6 Å². The number of anilines is 1. The minimum atomic E-state index is -0.288. The molecule has 0 bridgehead atoms. The zero-order valence-corrected chi connectivity index (χ0v) is 10.2. The van der Waals surface area contributed by atoms with Crippen LogP contribution in [0.1, 0.15) is 0 Å². The fraction of sp³-hybridized carbons (Fsp3) is 0.364. The molecular weight excluding hydrogens is 242 g/mol. The molecule has 5 nitrogen and oxygen atoms in total. The average Bonchev–Trinajstić information content (AvgIpc) is 2.35. The summed E-state index contributed by atoms with van der Waals surface area (Å²) >= 11 is 1.32. The van der Waals surface area contributed by atoms with Gasteiger partial charge in [-0.25, -0.2) is 0 Å². The SMILES string of the molecule is COC(=O)CSc1cc2c(cc1N)OCCO2. The Morgan fingerprint density at radius 1 is 1.41 bits per heavy atom. The molecule has 92 valence electrons. The van der Waals surface area contributed by atoms with E-state index in [0.29, 0.717) is 30.4 Å². The Bertz CT molecular complexity index is 436. The minimum Gasteiger partial charge on any atom is -0.486 e. The lowest BCUT2D eigenvalue weighted by molar-refractivity contribution is -0.137. The highest BCUT2D eigenvalue weighted by Gasteiger charge is 2.15. The van der Waals surface area contributed by atoms with E-state index in [0.717, 1.165) is 4.90 Å². The predicted octanol–water partition coefficient (Wildman–Crippen LogP) is 1.31. The summed E-state index contributed by atoms with van der Waals surface area (Å²) in [6, 6.07) is 3.51. The first kappa shape index (κ1) is 11.9. The van der Waals surface area contributed by atoms with Crippen LogP contribution in [0.3, 0.4) is 0 Å². The molecule has 0 saturated heterocycles. The first-order chi connectivity index (χ1) is 8.20. The summed E-state index contributed by atoms with van der Waals surface area (Å²) < 4.78 is 15.4. The highest BCUT2D eigenvalue weighted by Crippen LogP contribution is 2.38. The van der Waals surface area contributed by atoms with Crippen LogP contribution in [0.2, 0.25) is 0 Å². The Morgan fingerprint density at radius 3 is 2.71 bits per heavy atom. The van der Waals surface area contributed by atoms with Crippen LogP contribution in [0, 0.1) is 0 Å². The van der Waals surface area contributed by atoms with Crippen LogP contribution in [0.5, 0.6) is 11.5 Å². The number of benzene rings is 1. The fourth-order valence-corrected chi connectivity index (χ4v) is 2.21.